The molecule has 4 aromatic rings. The van der Waals surface area contributed by atoms with Crippen LogP contribution in [0.25, 0.3) is 11.0 Å². The van der Waals surface area contributed by atoms with Crippen molar-refractivity contribution in [3.05, 3.63) is 71.3 Å². The van der Waals surface area contributed by atoms with E-state index in [1.54, 1.807) is 12.7 Å². The Balaban J connectivity index is 1.71. The Hall–Kier alpha value is -2.73. The van der Waals surface area contributed by atoms with Gasteiger partial charge in [0.2, 0.25) is 0 Å². The predicted octanol–water partition coefficient (Wildman–Crippen LogP) is 3.03. The molecule has 7 heteroatoms. The summed E-state index contributed by atoms with van der Waals surface area (Å²) in [7, 11) is 0. The zero-order valence-corrected chi connectivity index (χ0v) is 12.9. The smallest absolute Gasteiger partial charge is 0.137 e. The number of rotatable bonds is 4. The minimum absolute atomic E-state index is 0.0408. The van der Waals surface area contributed by atoms with Crippen molar-refractivity contribution in [1.82, 2.24) is 30.2 Å². The molecule has 1 N–H and O–H groups in total. The summed E-state index contributed by atoms with van der Waals surface area (Å²) in [6.07, 6.45) is 4.05. The molecule has 1 atom stereocenters. The number of H-pyrrole nitrogens is 1. The van der Waals surface area contributed by atoms with Gasteiger partial charge >= 0.3 is 0 Å². The van der Waals surface area contributed by atoms with Gasteiger partial charge in [-0.25, -0.2) is 9.67 Å². The molecule has 2 aromatic carbocycles. The first kappa shape index (κ1) is 13.9. The van der Waals surface area contributed by atoms with Crippen LogP contribution in [0.4, 0.5) is 0 Å². The number of halogens is 1. The fourth-order valence-corrected chi connectivity index (χ4v) is 2.79. The quantitative estimate of drug-likeness (QED) is 0.626. The van der Waals surface area contributed by atoms with E-state index < -0.39 is 0 Å². The fraction of sp³-hybridized carbons (Fsp3) is 0.125. The van der Waals surface area contributed by atoms with Crippen LogP contribution in [0.2, 0.25) is 5.02 Å². The van der Waals surface area contributed by atoms with Gasteiger partial charge in [-0.2, -0.15) is 20.5 Å². The molecule has 0 radical (unpaired) electrons. The molecule has 0 saturated carbocycles. The Morgan fingerprint density at radius 2 is 1.87 bits per heavy atom. The molecular formula is C16H13ClN6. The predicted molar refractivity (Wildman–Crippen MR) is 87.2 cm³/mol. The molecule has 0 aliphatic heterocycles. The van der Waals surface area contributed by atoms with Crippen LogP contribution < -0.4 is 0 Å². The van der Waals surface area contributed by atoms with E-state index in [0.29, 0.717) is 0 Å². The Kier molecular flexibility index (Phi) is 3.51. The zero-order chi connectivity index (χ0) is 15.6. The van der Waals surface area contributed by atoms with Gasteiger partial charge in [-0.05, 0) is 41.8 Å². The number of nitrogens with one attached hydrogen (secondary N) is 1. The van der Waals surface area contributed by atoms with Crippen molar-refractivity contribution >= 4 is 22.6 Å². The van der Waals surface area contributed by atoms with Crippen molar-refractivity contribution in [2.24, 2.45) is 0 Å². The van der Waals surface area contributed by atoms with E-state index in [0.717, 1.165) is 33.6 Å². The molecule has 0 aliphatic carbocycles. The Labute approximate surface area is 137 Å². The second kappa shape index (κ2) is 5.81. The van der Waals surface area contributed by atoms with Gasteiger partial charge < -0.3 is 0 Å². The third-order valence-corrected chi connectivity index (χ3v) is 4.07. The first-order valence-electron chi connectivity index (χ1n) is 7.18. The summed E-state index contributed by atoms with van der Waals surface area (Å²) < 4.78 is 1.86. The molecule has 4 rings (SSSR count). The maximum atomic E-state index is 6.00. The van der Waals surface area contributed by atoms with Crippen LogP contribution >= 0.6 is 11.6 Å². The Bertz CT molecular complexity index is 913. The van der Waals surface area contributed by atoms with Crippen LogP contribution in [0.5, 0.6) is 0 Å². The van der Waals surface area contributed by atoms with Crippen LogP contribution in [0.3, 0.4) is 0 Å². The van der Waals surface area contributed by atoms with E-state index in [2.05, 4.69) is 31.6 Å². The van der Waals surface area contributed by atoms with E-state index in [1.807, 2.05) is 41.1 Å². The molecule has 0 amide bonds. The molecule has 6 nitrogen and oxygen atoms in total. The number of fused-ring (bicyclic) bond motifs is 1. The maximum absolute atomic E-state index is 6.00. The number of nitrogens with zero attached hydrogens (tertiary/aromatic N) is 5. The van der Waals surface area contributed by atoms with Gasteiger partial charge in [-0.15, -0.1) is 0 Å². The number of aromatic amines is 1. The Morgan fingerprint density at radius 1 is 1.04 bits per heavy atom. The molecular weight excluding hydrogens is 312 g/mol. The van der Waals surface area contributed by atoms with Gasteiger partial charge in [0.1, 0.15) is 23.7 Å². The molecule has 2 aromatic heterocycles. The van der Waals surface area contributed by atoms with Gasteiger partial charge in [0.25, 0.3) is 0 Å². The minimum Gasteiger partial charge on any atom is -0.245 e. The molecule has 114 valence electrons. The van der Waals surface area contributed by atoms with Crippen molar-refractivity contribution in [2.45, 2.75) is 12.5 Å². The topological polar surface area (TPSA) is 72.3 Å². The van der Waals surface area contributed by atoms with Crippen LogP contribution in [0.1, 0.15) is 17.2 Å². The molecule has 23 heavy (non-hydrogen) atoms. The summed E-state index contributed by atoms with van der Waals surface area (Å²) in [6.45, 7) is 0. The fourth-order valence-electron chi connectivity index (χ4n) is 2.66. The van der Waals surface area contributed by atoms with E-state index in [1.165, 1.54) is 0 Å². The number of hydrogen-bond acceptors (Lipinski definition) is 4. The zero-order valence-electron chi connectivity index (χ0n) is 12.1. The standard InChI is InChI=1S/C16H13ClN6/c17-13-4-2-12(3-5-13)16(23-10-18-9-19-23)8-11-1-6-14-15(7-11)21-22-20-14/h1-7,9-10,16H,8H2,(H,20,21,22). The number of aromatic nitrogens is 6. The SMILES string of the molecule is Clc1ccc(C(Cc2ccc3n[nH]nc3c2)n2cncn2)cc1. The molecule has 0 aliphatic rings. The largest absolute Gasteiger partial charge is 0.245 e. The Morgan fingerprint density at radius 3 is 2.65 bits per heavy atom. The summed E-state index contributed by atoms with van der Waals surface area (Å²) in [5.74, 6) is 0. The van der Waals surface area contributed by atoms with Crippen molar-refractivity contribution in [1.29, 1.82) is 0 Å². The minimum atomic E-state index is 0.0408. The van der Waals surface area contributed by atoms with Gasteiger partial charge in [0.05, 0.1) is 6.04 Å². The summed E-state index contributed by atoms with van der Waals surface area (Å²) in [6, 6.07) is 13.9. The summed E-state index contributed by atoms with van der Waals surface area (Å²) in [5.41, 5.74) is 4.00. The van der Waals surface area contributed by atoms with E-state index >= 15 is 0 Å². The summed E-state index contributed by atoms with van der Waals surface area (Å²) in [5, 5.41) is 15.9. The van der Waals surface area contributed by atoms with Crippen LogP contribution in [-0.2, 0) is 6.42 Å². The van der Waals surface area contributed by atoms with Crippen molar-refractivity contribution in [3.8, 4) is 0 Å². The first-order valence-corrected chi connectivity index (χ1v) is 7.56. The van der Waals surface area contributed by atoms with Gasteiger partial charge in [-0.1, -0.05) is 29.8 Å². The van der Waals surface area contributed by atoms with E-state index in [9.17, 15) is 0 Å². The number of hydrogen-bond donors (Lipinski definition) is 1. The second-order valence-corrected chi connectivity index (χ2v) is 5.73. The lowest BCUT2D eigenvalue weighted by atomic mass is 9.99. The highest BCUT2D eigenvalue weighted by atomic mass is 35.5. The molecule has 2 heterocycles. The van der Waals surface area contributed by atoms with Gasteiger partial charge in [0, 0.05) is 5.02 Å². The average molecular weight is 325 g/mol. The van der Waals surface area contributed by atoms with Gasteiger partial charge in [-0.3, -0.25) is 0 Å². The van der Waals surface area contributed by atoms with E-state index in [4.69, 9.17) is 11.6 Å². The molecule has 0 saturated heterocycles. The normalized spacial score (nSPS) is 12.6. The average Bonchev–Trinajstić information content (AvgIpc) is 3.24. The lowest BCUT2D eigenvalue weighted by Gasteiger charge is -2.18. The highest BCUT2D eigenvalue weighted by molar-refractivity contribution is 6.30. The van der Waals surface area contributed by atoms with Crippen molar-refractivity contribution < 1.29 is 0 Å². The highest BCUT2D eigenvalue weighted by Gasteiger charge is 2.16. The molecule has 0 fully saturated rings. The van der Waals surface area contributed by atoms with Crippen molar-refractivity contribution in [3.63, 3.8) is 0 Å². The lowest BCUT2D eigenvalue weighted by molar-refractivity contribution is 0.519. The van der Waals surface area contributed by atoms with Crippen molar-refractivity contribution in [2.75, 3.05) is 0 Å². The van der Waals surface area contributed by atoms with Crippen LogP contribution in [0, 0.1) is 0 Å². The third-order valence-electron chi connectivity index (χ3n) is 3.82. The molecule has 1 unspecified atom stereocenters. The first-order chi connectivity index (χ1) is 11.3. The summed E-state index contributed by atoms with van der Waals surface area (Å²) >= 11 is 6.00. The summed E-state index contributed by atoms with van der Waals surface area (Å²) in [4.78, 5) is 4.07. The molecule has 0 bridgehead atoms. The maximum Gasteiger partial charge on any atom is 0.137 e. The highest BCUT2D eigenvalue weighted by Crippen LogP contribution is 2.24. The van der Waals surface area contributed by atoms with Crippen LogP contribution in [-0.4, -0.2) is 30.2 Å². The van der Waals surface area contributed by atoms with E-state index in [-0.39, 0.29) is 6.04 Å². The lowest BCUT2D eigenvalue weighted by Crippen LogP contribution is -2.14. The third kappa shape index (κ3) is 2.80. The molecule has 0 spiro atoms. The monoisotopic (exact) mass is 324 g/mol. The second-order valence-electron chi connectivity index (χ2n) is 5.29. The van der Waals surface area contributed by atoms with Gasteiger partial charge in [0.15, 0.2) is 0 Å². The number of benzene rings is 2. The van der Waals surface area contributed by atoms with Crippen LogP contribution in [0.15, 0.2) is 55.1 Å².